The predicted molar refractivity (Wildman–Crippen MR) is 186 cm³/mol. The minimum atomic E-state index is -0.262. The molecule has 2 aromatic carbocycles. The van der Waals surface area contributed by atoms with Crippen molar-refractivity contribution in [2.24, 2.45) is 0 Å². The lowest BCUT2D eigenvalue weighted by atomic mass is 10.0. The summed E-state index contributed by atoms with van der Waals surface area (Å²) in [7, 11) is 0. The van der Waals surface area contributed by atoms with Crippen molar-refractivity contribution in [1.82, 2.24) is 45.3 Å². The number of benzene rings is 2. The third-order valence-corrected chi connectivity index (χ3v) is 9.05. The van der Waals surface area contributed by atoms with E-state index in [1.807, 2.05) is 48.9 Å². The maximum Gasteiger partial charge on any atom is 0.181 e. The molecule has 1 aliphatic rings. The SMILES string of the molecule is Fc1cc(CCCN2CCCC2)cc(-c2nccc3[nH]c(-c4[nH]nc5ncc(-c6cncc(CNCc7ccccc7)c6)cc45)nc23)c1. The lowest BCUT2D eigenvalue weighted by Gasteiger charge is -2.14. The van der Waals surface area contributed by atoms with Gasteiger partial charge in [-0.2, -0.15) is 5.10 Å². The quantitative estimate of drug-likeness (QED) is 0.139. The Kier molecular flexibility index (Phi) is 8.40. The van der Waals surface area contributed by atoms with Gasteiger partial charge in [0.05, 0.1) is 16.6 Å². The number of nitrogens with one attached hydrogen (secondary N) is 3. The van der Waals surface area contributed by atoms with E-state index in [1.165, 1.54) is 31.5 Å². The topological polar surface area (TPSA) is 111 Å². The van der Waals surface area contributed by atoms with Crippen LogP contribution >= 0.6 is 0 Å². The van der Waals surface area contributed by atoms with Crippen LogP contribution in [0.2, 0.25) is 0 Å². The standard InChI is InChI=1S/C38H36FN9/c39-31-17-26(9-6-14-48-12-4-5-13-48)15-28(18-31)34-36-33(10-11-42-34)44-38(45-36)35-32-19-30(24-43-37(32)47-46-35)29-16-27(22-41-23-29)21-40-20-25-7-2-1-3-8-25/h1-3,7-8,10-11,15-19,22-24,40H,4-6,9,12-14,20-21H2,(H,44,45)(H,43,46,47). The second kappa shape index (κ2) is 13.4. The fourth-order valence-electron chi connectivity index (χ4n) is 6.64. The van der Waals surface area contributed by atoms with Crippen LogP contribution in [-0.2, 0) is 19.5 Å². The smallest absolute Gasteiger partial charge is 0.181 e. The number of fused-ring (bicyclic) bond motifs is 2. The Morgan fingerprint density at radius 3 is 2.54 bits per heavy atom. The molecule has 5 aromatic heterocycles. The van der Waals surface area contributed by atoms with Crippen LogP contribution in [0, 0.1) is 5.82 Å². The van der Waals surface area contributed by atoms with E-state index in [-0.39, 0.29) is 5.82 Å². The number of imidazole rings is 1. The van der Waals surface area contributed by atoms with Crippen LogP contribution in [0.25, 0.3) is 56.0 Å². The summed E-state index contributed by atoms with van der Waals surface area (Å²) in [6, 6.07) is 21.6. The maximum atomic E-state index is 14.9. The van der Waals surface area contributed by atoms with E-state index in [9.17, 15) is 4.39 Å². The first kappa shape index (κ1) is 30.0. The highest BCUT2D eigenvalue weighted by atomic mass is 19.1. The normalized spacial score (nSPS) is 13.6. The fourth-order valence-corrected chi connectivity index (χ4v) is 6.64. The molecule has 1 saturated heterocycles. The highest BCUT2D eigenvalue weighted by Gasteiger charge is 2.18. The van der Waals surface area contributed by atoms with E-state index in [1.54, 1.807) is 18.3 Å². The molecule has 240 valence electrons. The number of likely N-dealkylation sites (tertiary alicyclic amines) is 1. The van der Waals surface area contributed by atoms with E-state index in [2.05, 4.69) is 64.6 Å². The van der Waals surface area contributed by atoms with E-state index in [0.29, 0.717) is 29.2 Å². The minimum Gasteiger partial charge on any atom is -0.337 e. The molecule has 9 nitrogen and oxygen atoms in total. The van der Waals surface area contributed by atoms with Gasteiger partial charge in [0, 0.05) is 54.6 Å². The van der Waals surface area contributed by atoms with Crippen LogP contribution in [0.1, 0.15) is 36.0 Å². The minimum absolute atomic E-state index is 0.262. The molecule has 1 aliphatic heterocycles. The predicted octanol–water partition coefficient (Wildman–Crippen LogP) is 7.08. The molecule has 0 radical (unpaired) electrons. The number of hydrogen-bond donors (Lipinski definition) is 3. The molecular weight excluding hydrogens is 601 g/mol. The lowest BCUT2D eigenvalue weighted by Crippen LogP contribution is -2.20. The number of aromatic amines is 2. The Hall–Kier alpha value is -5.32. The molecule has 0 bridgehead atoms. The summed E-state index contributed by atoms with van der Waals surface area (Å²) in [5.74, 6) is 0.349. The molecule has 0 spiro atoms. The zero-order valence-electron chi connectivity index (χ0n) is 26.6. The summed E-state index contributed by atoms with van der Waals surface area (Å²) >= 11 is 0. The van der Waals surface area contributed by atoms with Crippen LogP contribution in [-0.4, -0.2) is 59.7 Å². The third kappa shape index (κ3) is 6.45. The second-order valence-electron chi connectivity index (χ2n) is 12.5. The molecule has 0 saturated carbocycles. The van der Waals surface area contributed by atoms with Crippen LogP contribution in [0.3, 0.4) is 0 Å². The molecule has 6 heterocycles. The lowest BCUT2D eigenvalue weighted by molar-refractivity contribution is 0.334. The van der Waals surface area contributed by atoms with E-state index < -0.39 is 0 Å². The zero-order valence-corrected chi connectivity index (χ0v) is 26.6. The number of hydrogen-bond acceptors (Lipinski definition) is 7. The third-order valence-electron chi connectivity index (χ3n) is 9.05. The maximum absolute atomic E-state index is 14.9. The molecule has 0 atom stereocenters. The summed E-state index contributed by atoms with van der Waals surface area (Å²) in [5, 5.41) is 11.9. The Bertz CT molecular complexity index is 2180. The molecule has 0 unspecified atom stereocenters. The molecular formula is C38H36FN9. The summed E-state index contributed by atoms with van der Waals surface area (Å²) in [6.45, 7) is 4.87. The van der Waals surface area contributed by atoms with Crippen molar-refractivity contribution in [3.63, 3.8) is 0 Å². The van der Waals surface area contributed by atoms with Crippen molar-refractivity contribution >= 4 is 22.1 Å². The number of aryl methyl sites for hydroxylation is 1. The van der Waals surface area contributed by atoms with Crippen molar-refractivity contribution in [2.45, 2.75) is 38.8 Å². The van der Waals surface area contributed by atoms with Gasteiger partial charge in [-0.1, -0.05) is 30.3 Å². The average molecular weight is 638 g/mol. The van der Waals surface area contributed by atoms with Crippen molar-refractivity contribution in [2.75, 3.05) is 19.6 Å². The van der Waals surface area contributed by atoms with Gasteiger partial charge in [0.2, 0.25) is 0 Å². The Morgan fingerprint density at radius 1 is 0.812 bits per heavy atom. The molecule has 1 fully saturated rings. The van der Waals surface area contributed by atoms with Gasteiger partial charge in [0.15, 0.2) is 11.5 Å². The highest BCUT2D eigenvalue weighted by Crippen LogP contribution is 2.32. The first-order valence-corrected chi connectivity index (χ1v) is 16.6. The fraction of sp³-hybridized carbons (Fsp3) is 0.237. The molecule has 8 rings (SSSR count). The second-order valence-corrected chi connectivity index (χ2v) is 12.5. The number of aromatic nitrogens is 7. The van der Waals surface area contributed by atoms with Crippen molar-refractivity contribution in [3.8, 4) is 33.9 Å². The molecule has 48 heavy (non-hydrogen) atoms. The van der Waals surface area contributed by atoms with E-state index in [4.69, 9.17) is 4.98 Å². The number of halogens is 1. The van der Waals surface area contributed by atoms with Crippen molar-refractivity contribution in [3.05, 3.63) is 114 Å². The molecule has 3 N–H and O–H groups in total. The molecule has 0 aliphatic carbocycles. The largest absolute Gasteiger partial charge is 0.337 e. The summed E-state index contributed by atoms with van der Waals surface area (Å²) in [5.41, 5.74) is 9.34. The number of H-pyrrole nitrogens is 2. The van der Waals surface area contributed by atoms with Gasteiger partial charge in [-0.15, -0.1) is 0 Å². The van der Waals surface area contributed by atoms with Gasteiger partial charge in [0.25, 0.3) is 0 Å². The molecule has 0 amide bonds. The average Bonchev–Trinajstić information content (AvgIpc) is 3.88. The number of pyridine rings is 3. The Balaban J connectivity index is 1.05. The van der Waals surface area contributed by atoms with Crippen LogP contribution < -0.4 is 5.32 Å². The van der Waals surface area contributed by atoms with Gasteiger partial charge in [-0.25, -0.2) is 14.4 Å². The monoisotopic (exact) mass is 637 g/mol. The van der Waals surface area contributed by atoms with Crippen molar-refractivity contribution < 1.29 is 4.39 Å². The summed E-state index contributed by atoms with van der Waals surface area (Å²) in [6.07, 6.45) is 11.7. The van der Waals surface area contributed by atoms with Crippen LogP contribution in [0.5, 0.6) is 0 Å². The highest BCUT2D eigenvalue weighted by molar-refractivity contribution is 5.96. The first-order chi connectivity index (χ1) is 23.7. The zero-order chi connectivity index (χ0) is 32.3. The first-order valence-electron chi connectivity index (χ1n) is 16.6. The number of rotatable bonds is 11. The van der Waals surface area contributed by atoms with Crippen molar-refractivity contribution in [1.29, 1.82) is 0 Å². The summed E-state index contributed by atoms with van der Waals surface area (Å²) in [4.78, 5) is 24.7. The molecule has 10 heteroatoms. The summed E-state index contributed by atoms with van der Waals surface area (Å²) < 4.78 is 14.9. The Labute approximate surface area is 277 Å². The van der Waals surface area contributed by atoms with Gasteiger partial charge in [0.1, 0.15) is 17.0 Å². The van der Waals surface area contributed by atoms with Gasteiger partial charge in [-0.3, -0.25) is 15.1 Å². The number of nitrogens with zero attached hydrogens (tertiary/aromatic N) is 6. The van der Waals surface area contributed by atoms with Gasteiger partial charge in [-0.05, 0) is 98.4 Å². The van der Waals surface area contributed by atoms with Gasteiger partial charge < -0.3 is 15.2 Å². The van der Waals surface area contributed by atoms with Crippen LogP contribution in [0.15, 0.2) is 91.5 Å². The van der Waals surface area contributed by atoms with E-state index in [0.717, 1.165) is 70.3 Å². The van der Waals surface area contributed by atoms with Crippen LogP contribution in [0.4, 0.5) is 4.39 Å². The Morgan fingerprint density at radius 2 is 1.65 bits per heavy atom. The molecule has 7 aromatic rings. The van der Waals surface area contributed by atoms with E-state index >= 15 is 0 Å². The van der Waals surface area contributed by atoms with Gasteiger partial charge >= 0.3 is 0 Å².